The molecule has 1 aliphatic heterocycles. The number of esters is 1. The van der Waals surface area contributed by atoms with Crippen LogP contribution in [0.25, 0.3) is 0 Å². The first-order valence-corrected chi connectivity index (χ1v) is 7.29. The lowest BCUT2D eigenvalue weighted by atomic mass is 9.94. The lowest BCUT2D eigenvalue weighted by Crippen LogP contribution is -2.37. The van der Waals surface area contributed by atoms with Crippen LogP contribution in [0.1, 0.15) is 30.1 Å². The quantitative estimate of drug-likeness (QED) is 0.844. The fourth-order valence-electron chi connectivity index (χ4n) is 2.59. The standard InChI is InChI=1S/C16H23NO4/c1-11(13-5-4-8-17-10-13)21-14-7-6-12(16(18)20-3)9-15(14)19-2/h6-7,9,11,13,17H,4-5,8,10H2,1-3H3. The highest BCUT2D eigenvalue weighted by atomic mass is 16.5. The van der Waals surface area contributed by atoms with Gasteiger partial charge < -0.3 is 19.5 Å². The average Bonchev–Trinajstić information content (AvgIpc) is 2.55. The van der Waals surface area contributed by atoms with Gasteiger partial charge in [-0.2, -0.15) is 0 Å². The second-order valence-electron chi connectivity index (χ2n) is 5.29. The molecule has 1 aromatic carbocycles. The van der Waals surface area contributed by atoms with Gasteiger partial charge in [0.25, 0.3) is 0 Å². The van der Waals surface area contributed by atoms with Crippen LogP contribution in [0.4, 0.5) is 0 Å². The van der Waals surface area contributed by atoms with Crippen molar-refractivity contribution in [2.75, 3.05) is 27.3 Å². The highest BCUT2D eigenvalue weighted by Gasteiger charge is 2.22. The van der Waals surface area contributed by atoms with Crippen LogP contribution in [0.3, 0.4) is 0 Å². The first kappa shape index (κ1) is 15.6. The first-order chi connectivity index (χ1) is 10.2. The summed E-state index contributed by atoms with van der Waals surface area (Å²) >= 11 is 0. The molecule has 2 atom stereocenters. The molecule has 1 aliphatic rings. The molecule has 0 radical (unpaired) electrons. The maximum atomic E-state index is 11.5. The van der Waals surface area contributed by atoms with Crippen molar-refractivity contribution in [1.29, 1.82) is 0 Å². The number of rotatable bonds is 5. The summed E-state index contributed by atoms with van der Waals surface area (Å²) in [7, 11) is 2.92. The van der Waals surface area contributed by atoms with Crippen molar-refractivity contribution in [3.63, 3.8) is 0 Å². The number of carbonyl (C=O) groups is 1. The normalized spacial score (nSPS) is 19.7. The summed E-state index contributed by atoms with van der Waals surface area (Å²) in [5, 5.41) is 3.39. The van der Waals surface area contributed by atoms with Gasteiger partial charge in [-0.05, 0) is 44.5 Å². The summed E-state index contributed by atoms with van der Waals surface area (Å²) < 4.78 is 16.1. The molecule has 116 valence electrons. The molecule has 2 unspecified atom stereocenters. The third kappa shape index (κ3) is 3.88. The van der Waals surface area contributed by atoms with Crippen molar-refractivity contribution in [3.8, 4) is 11.5 Å². The van der Waals surface area contributed by atoms with Crippen LogP contribution in [0, 0.1) is 5.92 Å². The molecule has 2 rings (SSSR count). The van der Waals surface area contributed by atoms with Crippen LogP contribution in [0.2, 0.25) is 0 Å². The number of nitrogens with one attached hydrogen (secondary N) is 1. The predicted molar refractivity (Wildman–Crippen MR) is 80.0 cm³/mol. The molecule has 0 aromatic heterocycles. The molecule has 0 saturated carbocycles. The van der Waals surface area contributed by atoms with E-state index in [0.29, 0.717) is 23.0 Å². The van der Waals surface area contributed by atoms with Crippen molar-refractivity contribution < 1.29 is 19.0 Å². The molecule has 21 heavy (non-hydrogen) atoms. The molecule has 0 aliphatic carbocycles. The second kappa shape index (κ2) is 7.31. The van der Waals surface area contributed by atoms with Crippen LogP contribution in [-0.2, 0) is 4.74 Å². The Morgan fingerprint density at radius 2 is 2.14 bits per heavy atom. The number of carbonyl (C=O) groups excluding carboxylic acids is 1. The van der Waals surface area contributed by atoms with Crippen molar-refractivity contribution >= 4 is 5.97 Å². The largest absolute Gasteiger partial charge is 0.493 e. The summed E-state index contributed by atoms with van der Waals surface area (Å²) in [6.45, 7) is 4.13. The van der Waals surface area contributed by atoms with E-state index in [1.807, 2.05) is 0 Å². The summed E-state index contributed by atoms with van der Waals surface area (Å²) in [6, 6.07) is 5.10. The Labute approximate surface area is 125 Å². The van der Waals surface area contributed by atoms with Gasteiger partial charge in [-0.15, -0.1) is 0 Å². The molecule has 1 saturated heterocycles. The monoisotopic (exact) mass is 293 g/mol. The van der Waals surface area contributed by atoms with Crippen molar-refractivity contribution in [2.24, 2.45) is 5.92 Å². The molecule has 1 fully saturated rings. The highest BCUT2D eigenvalue weighted by molar-refractivity contribution is 5.90. The number of benzene rings is 1. The van der Waals surface area contributed by atoms with E-state index < -0.39 is 0 Å². The smallest absolute Gasteiger partial charge is 0.337 e. The number of ether oxygens (including phenoxy) is 3. The van der Waals surface area contributed by atoms with Gasteiger partial charge in [0.05, 0.1) is 19.8 Å². The maximum Gasteiger partial charge on any atom is 0.337 e. The van der Waals surface area contributed by atoms with E-state index in [1.165, 1.54) is 13.5 Å². The topological polar surface area (TPSA) is 56.8 Å². The second-order valence-corrected chi connectivity index (χ2v) is 5.29. The maximum absolute atomic E-state index is 11.5. The molecule has 5 heteroatoms. The fourth-order valence-corrected chi connectivity index (χ4v) is 2.59. The number of piperidine rings is 1. The lowest BCUT2D eigenvalue weighted by molar-refractivity contribution is 0.0600. The van der Waals surface area contributed by atoms with E-state index in [0.717, 1.165) is 19.5 Å². The summed E-state index contributed by atoms with van der Waals surface area (Å²) in [4.78, 5) is 11.5. The van der Waals surface area contributed by atoms with Crippen molar-refractivity contribution in [2.45, 2.75) is 25.9 Å². The zero-order chi connectivity index (χ0) is 15.2. The van der Waals surface area contributed by atoms with Crippen molar-refractivity contribution in [1.82, 2.24) is 5.32 Å². The van der Waals surface area contributed by atoms with E-state index in [1.54, 1.807) is 25.3 Å². The zero-order valence-electron chi connectivity index (χ0n) is 12.8. The van der Waals surface area contributed by atoms with E-state index in [9.17, 15) is 4.79 Å². The van der Waals surface area contributed by atoms with Crippen molar-refractivity contribution in [3.05, 3.63) is 23.8 Å². The van der Waals surface area contributed by atoms with Gasteiger partial charge in [0, 0.05) is 12.5 Å². The third-order valence-electron chi connectivity index (χ3n) is 3.90. The minimum atomic E-state index is -0.385. The van der Waals surface area contributed by atoms with Gasteiger partial charge in [-0.25, -0.2) is 4.79 Å². The minimum absolute atomic E-state index is 0.0932. The molecule has 5 nitrogen and oxygen atoms in total. The predicted octanol–water partition coefficient (Wildman–Crippen LogP) is 2.25. The fraction of sp³-hybridized carbons (Fsp3) is 0.562. The summed E-state index contributed by atoms with van der Waals surface area (Å²) in [6.07, 6.45) is 2.43. The Balaban J connectivity index is 2.09. The van der Waals surface area contributed by atoms with Gasteiger partial charge in [0.2, 0.25) is 0 Å². The van der Waals surface area contributed by atoms with Crippen LogP contribution in [-0.4, -0.2) is 39.4 Å². The Bertz CT molecular complexity index is 483. The van der Waals surface area contributed by atoms with E-state index >= 15 is 0 Å². The summed E-state index contributed by atoms with van der Waals surface area (Å²) in [5.74, 6) is 1.31. The average molecular weight is 293 g/mol. The molecule has 0 amide bonds. The molecule has 1 aromatic rings. The zero-order valence-corrected chi connectivity index (χ0v) is 12.8. The number of hydrogen-bond acceptors (Lipinski definition) is 5. The van der Waals surface area contributed by atoms with Crippen LogP contribution in [0.15, 0.2) is 18.2 Å². The SMILES string of the molecule is COC(=O)c1ccc(OC(C)C2CCCNC2)c(OC)c1. The molecule has 1 N–H and O–H groups in total. The van der Waals surface area contributed by atoms with Gasteiger partial charge >= 0.3 is 5.97 Å². The van der Waals surface area contributed by atoms with Gasteiger partial charge in [-0.3, -0.25) is 0 Å². The van der Waals surface area contributed by atoms with E-state index in [2.05, 4.69) is 12.2 Å². The highest BCUT2D eigenvalue weighted by Crippen LogP contribution is 2.31. The van der Waals surface area contributed by atoms with Crippen LogP contribution >= 0.6 is 0 Å². The molecule has 0 spiro atoms. The van der Waals surface area contributed by atoms with Gasteiger partial charge in [0.15, 0.2) is 11.5 Å². The lowest BCUT2D eigenvalue weighted by Gasteiger charge is -2.29. The Hall–Kier alpha value is -1.75. The Kier molecular flexibility index (Phi) is 5.44. The Morgan fingerprint density at radius 3 is 2.76 bits per heavy atom. The van der Waals surface area contributed by atoms with E-state index in [-0.39, 0.29) is 12.1 Å². The Morgan fingerprint density at radius 1 is 1.33 bits per heavy atom. The van der Waals surface area contributed by atoms with Gasteiger partial charge in [0.1, 0.15) is 6.10 Å². The number of hydrogen-bond donors (Lipinski definition) is 1. The number of methoxy groups -OCH3 is 2. The minimum Gasteiger partial charge on any atom is -0.493 e. The first-order valence-electron chi connectivity index (χ1n) is 7.29. The molecule has 1 heterocycles. The molecular weight excluding hydrogens is 270 g/mol. The molecular formula is C16H23NO4. The van der Waals surface area contributed by atoms with Crippen LogP contribution in [0.5, 0.6) is 11.5 Å². The third-order valence-corrected chi connectivity index (χ3v) is 3.90. The summed E-state index contributed by atoms with van der Waals surface area (Å²) in [5.41, 5.74) is 0.452. The van der Waals surface area contributed by atoms with Crippen LogP contribution < -0.4 is 14.8 Å². The molecule has 0 bridgehead atoms. The van der Waals surface area contributed by atoms with Gasteiger partial charge in [-0.1, -0.05) is 0 Å². The van der Waals surface area contributed by atoms with E-state index in [4.69, 9.17) is 14.2 Å².